The lowest BCUT2D eigenvalue weighted by atomic mass is 9.99. The first kappa shape index (κ1) is 14.4. The van der Waals surface area contributed by atoms with Crippen LogP contribution in [0, 0.1) is 5.92 Å². The summed E-state index contributed by atoms with van der Waals surface area (Å²) in [6, 6.07) is 6.81. The summed E-state index contributed by atoms with van der Waals surface area (Å²) in [4.78, 5) is 15.5. The molecular weight excluding hydrogens is 264 g/mol. The molecule has 21 heavy (non-hydrogen) atoms. The standard InChI is InChI=1S/C17H24N2O2/c1-18-7-2-3-15-9-13(4-5-16(15)18)11-19-8-6-14(12-19)10-17(20)21/h4-5,9,14H,2-3,6-8,10-12H2,1H3,(H,20,21). The molecule has 114 valence electrons. The molecule has 4 nitrogen and oxygen atoms in total. The Hall–Kier alpha value is -1.55. The summed E-state index contributed by atoms with van der Waals surface area (Å²) in [6.45, 7) is 4.04. The number of carbonyl (C=O) groups is 1. The number of aryl methyl sites for hydroxylation is 1. The second-order valence-electron chi connectivity index (χ2n) is 6.48. The highest BCUT2D eigenvalue weighted by Gasteiger charge is 2.24. The van der Waals surface area contributed by atoms with Gasteiger partial charge in [-0.3, -0.25) is 9.69 Å². The van der Waals surface area contributed by atoms with Gasteiger partial charge in [0.2, 0.25) is 0 Å². The quantitative estimate of drug-likeness (QED) is 0.924. The van der Waals surface area contributed by atoms with Crippen LogP contribution >= 0.6 is 0 Å². The van der Waals surface area contributed by atoms with Crippen LogP contribution in [0.15, 0.2) is 18.2 Å². The van der Waals surface area contributed by atoms with Crippen LogP contribution in [0.4, 0.5) is 5.69 Å². The smallest absolute Gasteiger partial charge is 0.303 e. The number of hydrogen-bond acceptors (Lipinski definition) is 3. The fraction of sp³-hybridized carbons (Fsp3) is 0.588. The van der Waals surface area contributed by atoms with Gasteiger partial charge in [0.25, 0.3) is 0 Å². The molecule has 1 saturated heterocycles. The van der Waals surface area contributed by atoms with Crippen molar-refractivity contribution in [2.45, 2.75) is 32.2 Å². The molecule has 0 bridgehead atoms. The highest BCUT2D eigenvalue weighted by molar-refractivity contribution is 5.67. The summed E-state index contributed by atoms with van der Waals surface area (Å²) in [5.41, 5.74) is 4.19. The number of benzene rings is 1. The van der Waals surface area contributed by atoms with Crippen LogP contribution in [0.1, 0.15) is 30.4 Å². The average Bonchev–Trinajstić information content (AvgIpc) is 2.85. The van der Waals surface area contributed by atoms with Crippen LogP contribution in [0.3, 0.4) is 0 Å². The molecule has 1 fully saturated rings. The maximum Gasteiger partial charge on any atom is 0.303 e. The molecule has 1 atom stereocenters. The molecule has 0 aliphatic carbocycles. The van der Waals surface area contributed by atoms with Crippen molar-refractivity contribution in [1.82, 2.24) is 4.90 Å². The molecule has 1 aromatic carbocycles. The lowest BCUT2D eigenvalue weighted by Gasteiger charge is -2.28. The molecule has 1 aromatic rings. The molecule has 0 spiro atoms. The number of carboxylic acids is 1. The minimum atomic E-state index is -0.668. The van der Waals surface area contributed by atoms with E-state index in [0.29, 0.717) is 12.3 Å². The van der Waals surface area contributed by atoms with Gasteiger partial charge in [-0.2, -0.15) is 0 Å². The van der Waals surface area contributed by atoms with E-state index in [-0.39, 0.29) is 0 Å². The Morgan fingerprint density at radius 2 is 2.24 bits per heavy atom. The van der Waals surface area contributed by atoms with E-state index in [2.05, 4.69) is 35.0 Å². The van der Waals surface area contributed by atoms with Crippen LogP contribution in [0.2, 0.25) is 0 Å². The number of rotatable bonds is 4. The van der Waals surface area contributed by atoms with Crippen LogP contribution in [0.25, 0.3) is 0 Å². The first-order valence-electron chi connectivity index (χ1n) is 7.89. The zero-order valence-electron chi connectivity index (χ0n) is 12.7. The molecule has 3 rings (SSSR count). The first-order valence-corrected chi connectivity index (χ1v) is 7.89. The van der Waals surface area contributed by atoms with Crippen molar-refractivity contribution < 1.29 is 9.90 Å². The Bertz CT molecular complexity index is 530. The lowest BCUT2D eigenvalue weighted by Crippen LogP contribution is -2.25. The van der Waals surface area contributed by atoms with Gasteiger partial charge in [-0.15, -0.1) is 0 Å². The third-order valence-corrected chi connectivity index (χ3v) is 4.73. The fourth-order valence-electron chi connectivity index (χ4n) is 3.67. The fourth-order valence-corrected chi connectivity index (χ4v) is 3.67. The maximum atomic E-state index is 10.8. The molecule has 2 aliphatic rings. The normalized spacial score (nSPS) is 22.3. The molecule has 1 N–H and O–H groups in total. The van der Waals surface area contributed by atoms with Gasteiger partial charge in [0.05, 0.1) is 0 Å². The van der Waals surface area contributed by atoms with Gasteiger partial charge in [-0.05, 0) is 48.9 Å². The molecule has 0 radical (unpaired) electrons. The average molecular weight is 288 g/mol. The van der Waals surface area contributed by atoms with Crippen molar-refractivity contribution in [2.75, 3.05) is 31.6 Å². The second kappa shape index (κ2) is 6.06. The van der Waals surface area contributed by atoms with Crippen LogP contribution in [0.5, 0.6) is 0 Å². The lowest BCUT2D eigenvalue weighted by molar-refractivity contribution is -0.138. The Morgan fingerprint density at radius 1 is 1.38 bits per heavy atom. The summed E-state index contributed by atoms with van der Waals surface area (Å²) >= 11 is 0. The van der Waals surface area contributed by atoms with Crippen LogP contribution in [-0.4, -0.2) is 42.7 Å². The van der Waals surface area contributed by atoms with E-state index >= 15 is 0 Å². The largest absolute Gasteiger partial charge is 0.481 e. The Labute approximate surface area is 126 Å². The first-order chi connectivity index (χ1) is 10.1. The summed E-state index contributed by atoms with van der Waals surface area (Å²) in [7, 11) is 2.16. The number of anilines is 1. The van der Waals surface area contributed by atoms with Crippen molar-refractivity contribution in [3.8, 4) is 0 Å². The molecule has 2 aliphatic heterocycles. The van der Waals surface area contributed by atoms with Crippen molar-refractivity contribution in [3.63, 3.8) is 0 Å². The van der Waals surface area contributed by atoms with Gasteiger partial charge in [-0.1, -0.05) is 12.1 Å². The van der Waals surface area contributed by atoms with Gasteiger partial charge in [0.15, 0.2) is 0 Å². The van der Waals surface area contributed by atoms with E-state index < -0.39 is 5.97 Å². The van der Waals surface area contributed by atoms with Crippen molar-refractivity contribution in [3.05, 3.63) is 29.3 Å². The van der Waals surface area contributed by atoms with Gasteiger partial charge in [0, 0.05) is 38.8 Å². The zero-order chi connectivity index (χ0) is 14.8. The number of carboxylic acid groups (broad SMARTS) is 1. The molecule has 2 heterocycles. The topological polar surface area (TPSA) is 43.8 Å². The summed E-state index contributed by atoms with van der Waals surface area (Å²) in [6.07, 6.45) is 3.73. The predicted octanol–water partition coefficient (Wildman–Crippen LogP) is 2.37. The van der Waals surface area contributed by atoms with Gasteiger partial charge < -0.3 is 10.0 Å². The minimum Gasteiger partial charge on any atom is -0.481 e. The summed E-state index contributed by atoms with van der Waals surface area (Å²) in [5.74, 6) is -0.343. The van der Waals surface area contributed by atoms with Gasteiger partial charge in [-0.25, -0.2) is 0 Å². The second-order valence-corrected chi connectivity index (χ2v) is 6.48. The molecule has 0 aromatic heterocycles. The van der Waals surface area contributed by atoms with E-state index in [0.717, 1.165) is 32.6 Å². The summed E-state index contributed by atoms with van der Waals surface area (Å²) < 4.78 is 0. The number of hydrogen-bond donors (Lipinski definition) is 1. The minimum absolute atomic E-state index is 0.311. The monoisotopic (exact) mass is 288 g/mol. The third kappa shape index (κ3) is 3.38. The zero-order valence-corrected chi connectivity index (χ0v) is 12.7. The van der Waals surface area contributed by atoms with Crippen molar-refractivity contribution in [2.24, 2.45) is 5.92 Å². The van der Waals surface area contributed by atoms with Gasteiger partial charge >= 0.3 is 5.97 Å². The summed E-state index contributed by atoms with van der Waals surface area (Å²) in [5, 5.41) is 8.88. The van der Waals surface area contributed by atoms with E-state index in [1.165, 1.54) is 29.7 Å². The molecule has 1 unspecified atom stereocenters. The predicted molar refractivity (Wildman–Crippen MR) is 83.7 cm³/mol. The van der Waals surface area contributed by atoms with E-state index in [4.69, 9.17) is 5.11 Å². The van der Waals surface area contributed by atoms with Crippen LogP contribution < -0.4 is 4.90 Å². The van der Waals surface area contributed by atoms with E-state index in [1.54, 1.807) is 0 Å². The highest BCUT2D eigenvalue weighted by Crippen LogP contribution is 2.28. The SMILES string of the molecule is CN1CCCc2cc(CN3CCC(CC(=O)O)C3)ccc21. The van der Waals surface area contributed by atoms with Crippen molar-refractivity contribution >= 4 is 11.7 Å². The number of likely N-dealkylation sites (tertiary alicyclic amines) is 1. The van der Waals surface area contributed by atoms with E-state index in [1.807, 2.05) is 0 Å². The molecule has 0 amide bonds. The van der Waals surface area contributed by atoms with Gasteiger partial charge in [0.1, 0.15) is 0 Å². The molecular formula is C17H24N2O2. The Kier molecular flexibility index (Phi) is 4.15. The maximum absolute atomic E-state index is 10.8. The number of nitrogens with zero attached hydrogens (tertiary/aromatic N) is 2. The number of fused-ring (bicyclic) bond motifs is 1. The highest BCUT2D eigenvalue weighted by atomic mass is 16.4. The molecule has 0 saturated carbocycles. The number of aliphatic carboxylic acids is 1. The Morgan fingerprint density at radius 3 is 3.05 bits per heavy atom. The van der Waals surface area contributed by atoms with Crippen LogP contribution in [-0.2, 0) is 17.8 Å². The van der Waals surface area contributed by atoms with Crippen molar-refractivity contribution in [1.29, 1.82) is 0 Å². The van der Waals surface area contributed by atoms with E-state index in [9.17, 15) is 4.79 Å². The third-order valence-electron chi connectivity index (χ3n) is 4.73. The molecule has 4 heteroatoms. The Balaban J connectivity index is 1.62.